The highest BCUT2D eigenvalue weighted by Gasteiger charge is 2.09. The van der Waals surface area contributed by atoms with Crippen molar-refractivity contribution in [1.82, 2.24) is 19.9 Å². The molecule has 0 aliphatic rings. The fraction of sp³-hybridized carbons (Fsp3) is 0.400. The van der Waals surface area contributed by atoms with Gasteiger partial charge in [-0.05, 0) is 24.7 Å². The lowest BCUT2D eigenvalue weighted by Crippen LogP contribution is -2.22. The van der Waals surface area contributed by atoms with Gasteiger partial charge in [0.1, 0.15) is 11.6 Å². The SMILES string of the molecule is COc1ccc(CN(C)Cc2nc(N)nc(N(C)C)n2)cc1. The Hall–Kier alpha value is -2.41. The van der Waals surface area contributed by atoms with Crippen molar-refractivity contribution in [3.63, 3.8) is 0 Å². The number of nitrogens with zero attached hydrogens (tertiary/aromatic N) is 5. The van der Waals surface area contributed by atoms with Gasteiger partial charge in [-0.15, -0.1) is 0 Å². The number of nitrogens with two attached hydrogens (primary N) is 1. The molecule has 0 atom stereocenters. The molecule has 1 aromatic heterocycles. The predicted molar refractivity (Wildman–Crippen MR) is 86.7 cm³/mol. The molecule has 0 unspecified atom stereocenters. The Morgan fingerprint density at radius 3 is 2.27 bits per heavy atom. The minimum atomic E-state index is 0.242. The van der Waals surface area contributed by atoms with Crippen LogP contribution in [0, 0.1) is 0 Å². The Bertz CT molecular complexity index is 614. The zero-order chi connectivity index (χ0) is 16.1. The molecule has 7 heteroatoms. The van der Waals surface area contributed by atoms with Crippen LogP contribution in [-0.2, 0) is 13.1 Å². The predicted octanol–water partition coefficient (Wildman–Crippen LogP) is 1.16. The summed E-state index contributed by atoms with van der Waals surface area (Å²) in [7, 11) is 7.42. The van der Waals surface area contributed by atoms with Crippen LogP contribution >= 0.6 is 0 Å². The van der Waals surface area contributed by atoms with Crippen LogP contribution in [0.2, 0.25) is 0 Å². The van der Waals surface area contributed by atoms with Gasteiger partial charge in [0.2, 0.25) is 11.9 Å². The summed E-state index contributed by atoms with van der Waals surface area (Å²) in [6.45, 7) is 1.38. The minimum Gasteiger partial charge on any atom is -0.497 e. The van der Waals surface area contributed by atoms with E-state index >= 15 is 0 Å². The maximum Gasteiger partial charge on any atom is 0.229 e. The molecule has 0 aliphatic carbocycles. The van der Waals surface area contributed by atoms with E-state index in [4.69, 9.17) is 10.5 Å². The number of hydrogen-bond acceptors (Lipinski definition) is 7. The van der Waals surface area contributed by atoms with Crippen LogP contribution in [0.1, 0.15) is 11.4 Å². The van der Waals surface area contributed by atoms with Gasteiger partial charge in [0, 0.05) is 20.6 Å². The molecule has 0 radical (unpaired) electrons. The van der Waals surface area contributed by atoms with Gasteiger partial charge in [-0.3, -0.25) is 4.90 Å². The quantitative estimate of drug-likeness (QED) is 0.857. The normalized spacial score (nSPS) is 10.8. The van der Waals surface area contributed by atoms with Crippen molar-refractivity contribution < 1.29 is 4.74 Å². The molecule has 0 fully saturated rings. The van der Waals surface area contributed by atoms with Gasteiger partial charge < -0.3 is 15.4 Å². The fourth-order valence-corrected chi connectivity index (χ4v) is 2.04. The lowest BCUT2D eigenvalue weighted by atomic mass is 10.2. The average Bonchev–Trinajstić information content (AvgIpc) is 2.47. The summed E-state index contributed by atoms with van der Waals surface area (Å²) >= 11 is 0. The zero-order valence-corrected chi connectivity index (χ0v) is 13.4. The molecule has 0 saturated heterocycles. The number of ether oxygens (including phenoxy) is 1. The molecule has 0 aliphatic heterocycles. The Morgan fingerprint density at radius 2 is 1.68 bits per heavy atom. The molecular formula is C15H22N6O. The third-order valence-corrected chi connectivity index (χ3v) is 3.11. The van der Waals surface area contributed by atoms with E-state index in [1.165, 1.54) is 5.56 Å². The standard InChI is InChI=1S/C15H22N6O/c1-20(2)15-18-13(17-14(16)19-15)10-21(3)9-11-5-7-12(22-4)8-6-11/h5-8H,9-10H2,1-4H3,(H2,16,17,18,19). The smallest absolute Gasteiger partial charge is 0.229 e. The number of aromatic nitrogens is 3. The van der Waals surface area contributed by atoms with E-state index in [1.807, 2.05) is 50.3 Å². The van der Waals surface area contributed by atoms with Gasteiger partial charge in [0.15, 0.2) is 0 Å². The number of anilines is 2. The van der Waals surface area contributed by atoms with Crippen LogP contribution in [0.4, 0.5) is 11.9 Å². The van der Waals surface area contributed by atoms with Crippen molar-refractivity contribution in [3.8, 4) is 5.75 Å². The van der Waals surface area contributed by atoms with Gasteiger partial charge in [0.25, 0.3) is 0 Å². The first-order valence-corrected chi connectivity index (χ1v) is 6.97. The van der Waals surface area contributed by atoms with Crippen LogP contribution in [0.5, 0.6) is 5.75 Å². The number of methoxy groups -OCH3 is 1. The summed E-state index contributed by atoms with van der Waals surface area (Å²) in [5, 5.41) is 0. The summed E-state index contributed by atoms with van der Waals surface area (Å²) in [5.74, 6) is 2.33. The van der Waals surface area contributed by atoms with E-state index in [1.54, 1.807) is 7.11 Å². The largest absolute Gasteiger partial charge is 0.497 e. The lowest BCUT2D eigenvalue weighted by Gasteiger charge is -2.17. The number of rotatable bonds is 6. The van der Waals surface area contributed by atoms with Gasteiger partial charge in [-0.25, -0.2) is 0 Å². The van der Waals surface area contributed by atoms with Gasteiger partial charge in [0.05, 0.1) is 13.7 Å². The van der Waals surface area contributed by atoms with E-state index in [0.717, 1.165) is 12.3 Å². The summed E-state index contributed by atoms with van der Waals surface area (Å²) in [5.41, 5.74) is 6.93. The number of benzene rings is 1. The Balaban J connectivity index is 2.03. The highest BCUT2D eigenvalue weighted by Crippen LogP contribution is 2.13. The second-order valence-corrected chi connectivity index (χ2v) is 5.32. The van der Waals surface area contributed by atoms with Crippen molar-refractivity contribution in [3.05, 3.63) is 35.7 Å². The van der Waals surface area contributed by atoms with E-state index in [0.29, 0.717) is 18.3 Å². The Morgan fingerprint density at radius 1 is 1.00 bits per heavy atom. The van der Waals surface area contributed by atoms with E-state index in [-0.39, 0.29) is 5.95 Å². The Labute approximate surface area is 130 Å². The van der Waals surface area contributed by atoms with Crippen LogP contribution in [-0.4, -0.2) is 48.1 Å². The second-order valence-electron chi connectivity index (χ2n) is 5.32. The highest BCUT2D eigenvalue weighted by molar-refractivity contribution is 5.32. The van der Waals surface area contributed by atoms with Gasteiger partial charge >= 0.3 is 0 Å². The van der Waals surface area contributed by atoms with Crippen LogP contribution in [0.3, 0.4) is 0 Å². The first-order valence-electron chi connectivity index (χ1n) is 6.97. The molecule has 7 nitrogen and oxygen atoms in total. The molecule has 2 aromatic rings. The van der Waals surface area contributed by atoms with Crippen LogP contribution in [0.25, 0.3) is 0 Å². The topological polar surface area (TPSA) is 80.4 Å². The van der Waals surface area contributed by atoms with Crippen molar-refractivity contribution >= 4 is 11.9 Å². The summed E-state index contributed by atoms with van der Waals surface area (Å²) < 4.78 is 5.16. The minimum absolute atomic E-state index is 0.242. The molecule has 118 valence electrons. The Kier molecular flexibility index (Phi) is 5.11. The number of hydrogen-bond donors (Lipinski definition) is 1. The lowest BCUT2D eigenvalue weighted by molar-refractivity contribution is 0.310. The highest BCUT2D eigenvalue weighted by atomic mass is 16.5. The summed E-state index contributed by atoms with van der Waals surface area (Å²) in [6, 6.07) is 7.99. The molecule has 0 bridgehead atoms. The fourth-order valence-electron chi connectivity index (χ4n) is 2.04. The molecule has 0 spiro atoms. The third-order valence-electron chi connectivity index (χ3n) is 3.11. The van der Waals surface area contributed by atoms with Crippen molar-refractivity contribution in [2.24, 2.45) is 0 Å². The molecule has 2 rings (SSSR count). The summed E-state index contributed by atoms with van der Waals surface area (Å²) in [6.07, 6.45) is 0. The van der Waals surface area contributed by atoms with Gasteiger partial charge in [-0.1, -0.05) is 12.1 Å². The molecule has 1 aromatic carbocycles. The maximum absolute atomic E-state index is 5.74. The van der Waals surface area contributed by atoms with Crippen molar-refractivity contribution in [2.75, 3.05) is 38.9 Å². The molecule has 0 amide bonds. The van der Waals surface area contributed by atoms with Crippen molar-refractivity contribution in [2.45, 2.75) is 13.1 Å². The van der Waals surface area contributed by atoms with E-state index < -0.39 is 0 Å². The van der Waals surface area contributed by atoms with Gasteiger partial charge in [-0.2, -0.15) is 15.0 Å². The van der Waals surface area contributed by atoms with Crippen LogP contribution < -0.4 is 15.4 Å². The second kappa shape index (κ2) is 7.04. The van der Waals surface area contributed by atoms with E-state index in [2.05, 4.69) is 19.9 Å². The molecule has 2 N–H and O–H groups in total. The van der Waals surface area contributed by atoms with E-state index in [9.17, 15) is 0 Å². The number of nitrogen functional groups attached to an aromatic ring is 1. The maximum atomic E-state index is 5.74. The zero-order valence-electron chi connectivity index (χ0n) is 13.4. The van der Waals surface area contributed by atoms with Crippen LogP contribution in [0.15, 0.2) is 24.3 Å². The average molecular weight is 302 g/mol. The molecule has 22 heavy (non-hydrogen) atoms. The first kappa shape index (κ1) is 16.0. The first-order chi connectivity index (χ1) is 10.5. The summed E-state index contributed by atoms with van der Waals surface area (Å²) in [4.78, 5) is 16.6. The van der Waals surface area contributed by atoms with Crippen molar-refractivity contribution in [1.29, 1.82) is 0 Å². The third kappa shape index (κ3) is 4.29. The molecule has 0 saturated carbocycles. The monoisotopic (exact) mass is 302 g/mol. The molecular weight excluding hydrogens is 280 g/mol. The molecule has 1 heterocycles.